The Morgan fingerprint density at radius 2 is 1.83 bits per heavy atom. The lowest BCUT2D eigenvalue weighted by Gasteiger charge is -2.11. The van der Waals surface area contributed by atoms with Gasteiger partial charge < -0.3 is 14.8 Å². The summed E-state index contributed by atoms with van der Waals surface area (Å²) in [4.78, 5) is 25.1. The number of rotatable bonds is 6. The number of ether oxygens (including phenoxy) is 2. The summed E-state index contributed by atoms with van der Waals surface area (Å²) in [7, 11) is 1.53. The van der Waals surface area contributed by atoms with Crippen molar-refractivity contribution in [3.63, 3.8) is 0 Å². The summed E-state index contributed by atoms with van der Waals surface area (Å²) >= 11 is 1.58. The number of hydrogen-bond donors (Lipinski definition) is 1. The average Bonchev–Trinajstić information content (AvgIpc) is 2.61. The van der Waals surface area contributed by atoms with Gasteiger partial charge >= 0.3 is 5.97 Å². The van der Waals surface area contributed by atoms with Crippen molar-refractivity contribution in [2.24, 2.45) is 0 Å². The van der Waals surface area contributed by atoms with Crippen LogP contribution < -0.4 is 10.1 Å². The van der Waals surface area contributed by atoms with Crippen LogP contribution >= 0.6 is 11.8 Å². The van der Waals surface area contributed by atoms with Crippen molar-refractivity contribution in [3.8, 4) is 5.75 Å². The molecule has 2 aromatic carbocycles. The Morgan fingerprint density at radius 3 is 2.42 bits per heavy atom. The summed E-state index contributed by atoms with van der Waals surface area (Å²) < 4.78 is 10.2. The van der Waals surface area contributed by atoms with Gasteiger partial charge in [-0.3, -0.25) is 4.79 Å². The Bertz CT molecular complexity index is 728. The topological polar surface area (TPSA) is 64.6 Å². The molecule has 0 saturated heterocycles. The molecule has 0 heterocycles. The Labute approximate surface area is 145 Å². The molecule has 0 aliphatic heterocycles. The molecule has 126 valence electrons. The van der Waals surface area contributed by atoms with Crippen molar-refractivity contribution in [1.29, 1.82) is 0 Å². The number of carbonyl (C=O) groups is 2. The predicted octanol–water partition coefficient (Wildman–Crippen LogP) is 3.85. The summed E-state index contributed by atoms with van der Waals surface area (Å²) in [5.74, 6) is -0.143. The zero-order chi connectivity index (χ0) is 17.5. The van der Waals surface area contributed by atoms with Gasteiger partial charge in [-0.25, -0.2) is 4.79 Å². The fraction of sp³-hybridized carbons (Fsp3) is 0.222. The molecule has 0 bridgehead atoms. The summed E-state index contributed by atoms with van der Waals surface area (Å²) in [6.07, 6.45) is 1.96. The Balaban J connectivity index is 2.13. The maximum atomic E-state index is 12.4. The van der Waals surface area contributed by atoms with Crippen LogP contribution in [0.3, 0.4) is 0 Å². The van der Waals surface area contributed by atoms with E-state index in [2.05, 4.69) is 5.32 Å². The van der Waals surface area contributed by atoms with Gasteiger partial charge in [-0.15, -0.1) is 11.8 Å². The highest BCUT2D eigenvalue weighted by Crippen LogP contribution is 2.26. The van der Waals surface area contributed by atoms with Gasteiger partial charge in [0, 0.05) is 10.6 Å². The highest BCUT2D eigenvalue weighted by atomic mass is 32.2. The van der Waals surface area contributed by atoms with Crippen LogP contribution in [0.1, 0.15) is 27.6 Å². The molecule has 0 saturated carbocycles. The first-order chi connectivity index (χ1) is 11.6. The van der Waals surface area contributed by atoms with E-state index in [1.54, 1.807) is 49.0 Å². The lowest BCUT2D eigenvalue weighted by molar-refractivity contribution is 0.0526. The highest BCUT2D eigenvalue weighted by Gasteiger charge is 2.13. The minimum atomic E-state index is -0.385. The Hall–Kier alpha value is -2.47. The van der Waals surface area contributed by atoms with Crippen molar-refractivity contribution in [2.45, 2.75) is 11.8 Å². The molecule has 0 spiro atoms. The first kappa shape index (κ1) is 17.9. The monoisotopic (exact) mass is 345 g/mol. The second-order valence-corrected chi connectivity index (χ2v) is 5.70. The first-order valence-corrected chi connectivity index (χ1v) is 8.62. The SMILES string of the molecule is CCOC(=O)c1ccc(NC(=O)c2ccc(SC)cc2OC)cc1. The molecule has 1 amide bonds. The quantitative estimate of drug-likeness (QED) is 0.636. The molecule has 0 fully saturated rings. The lowest BCUT2D eigenvalue weighted by atomic mass is 10.1. The summed E-state index contributed by atoms with van der Waals surface area (Å²) in [5, 5.41) is 2.79. The average molecular weight is 345 g/mol. The molecule has 0 aliphatic rings. The Morgan fingerprint density at radius 1 is 1.12 bits per heavy atom. The fourth-order valence-electron chi connectivity index (χ4n) is 2.09. The van der Waals surface area contributed by atoms with E-state index in [-0.39, 0.29) is 11.9 Å². The van der Waals surface area contributed by atoms with E-state index in [0.29, 0.717) is 29.2 Å². The number of amides is 1. The van der Waals surface area contributed by atoms with E-state index in [9.17, 15) is 9.59 Å². The number of methoxy groups -OCH3 is 1. The maximum absolute atomic E-state index is 12.4. The highest BCUT2D eigenvalue weighted by molar-refractivity contribution is 7.98. The van der Waals surface area contributed by atoms with Crippen LogP contribution in [-0.4, -0.2) is 31.8 Å². The third-order valence-corrected chi connectivity index (χ3v) is 4.03. The van der Waals surface area contributed by atoms with Crippen LogP contribution in [0, 0.1) is 0 Å². The predicted molar refractivity (Wildman–Crippen MR) is 95.1 cm³/mol. The van der Waals surface area contributed by atoms with Crippen LogP contribution in [0.2, 0.25) is 0 Å². The van der Waals surface area contributed by atoms with Gasteiger partial charge in [-0.05, 0) is 55.6 Å². The van der Waals surface area contributed by atoms with E-state index in [1.807, 2.05) is 18.4 Å². The van der Waals surface area contributed by atoms with Crippen LogP contribution in [0.5, 0.6) is 5.75 Å². The molecule has 0 atom stereocenters. The molecule has 2 aromatic rings. The Kier molecular flexibility index (Phi) is 6.26. The van der Waals surface area contributed by atoms with Crippen molar-refractivity contribution in [2.75, 3.05) is 25.3 Å². The number of nitrogens with one attached hydrogen (secondary N) is 1. The number of hydrogen-bond acceptors (Lipinski definition) is 5. The molecule has 5 nitrogen and oxygen atoms in total. The van der Waals surface area contributed by atoms with E-state index < -0.39 is 0 Å². The number of esters is 1. The van der Waals surface area contributed by atoms with Crippen LogP contribution in [0.4, 0.5) is 5.69 Å². The molecular formula is C18H19NO4S. The standard InChI is InChI=1S/C18H19NO4S/c1-4-23-18(21)12-5-7-13(8-6-12)19-17(20)15-10-9-14(24-3)11-16(15)22-2/h5-11H,4H2,1-3H3,(H,19,20). The van der Waals surface area contributed by atoms with Gasteiger partial charge in [0.25, 0.3) is 5.91 Å². The molecule has 0 aromatic heterocycles. The summed E-state index contributed by atoms with van der Waals surface area (Å²) in [6, 6.07) is 12.0. The van der Waals surface area contributed by atoms with Gasteiger partial charge in [-0.1, -0.05) is 0 Å². The van der Waals surface area contributed by atoms with E-state index in [1.165, 1.54) is 7.11 Å². The molecule has 6 heteroatoms. The van der Waals surface area contributed by atoms with Gasteiger partial charge in [0.15, 0.2) is 0 Å². The van der Waals surface area contributed by atoms with E-state index in [4.69, 9.17) is 9.47 Å². The number of anilines is 1. The minimum absolute atomic E-state index is 0.275. The smallest absolute Gasteiger partial charge is 0.338 e. The minimum Gasteiger partial charge on any atom is -0.496 e. The largest absolute Gasteiger partial charge is 0.496 e. The van der Waals surface area contributed by atoms with E-state index >= 15 is 0 Å². The van der Waals surface area contributed by atoms with Crippen molar-refractivity contribution >= 4 is 29.3 Å². The van der Waals surface area contributed by atoms with Gasteiger partial charge in [0.1, 0.15) is 5.75 Å². The fourth-order valence-corrected chi connectivity index (χ4v) is 2.52. The second-order valence-electron chi connectivity index (χ2n) is 4.82. The zero-order valence-electron chi connectivity index (χ0n) is 13.8. The maximum Gasteiger partial charge on any atom is 0.338 e. The number of thioether (sulfide) groups is 1. The molecule has 1 N–H and O–H groups in total. The molecular weight excluding hydrogens is 326 g/mol. The number of benzene rings is 2. The van der Waals surface area contributed by atoms with Gasteiger partial charge in [0.2, 0.25) is 0 Å². The molecule has 0 unspecified atom stereocenters. The van der Waals surface area contributed by atoms with Crippen molar-refractivity contribution in [3.05, 3.63) is 53.6 Å². The zero-order valence-corrected chi connectivity index (χ0v) is 14.6. The normalized spacial score (nSPS) is 10.1. The van der Waals surface area contributed by atoms with Crippen molar-refractivity contribution < 1.29 is 19.1 Å². The molecule has 0 aliphatic carbocycles. The summed E-state index contributed by atoms with van der Waals surface area (Å²) in [5.41, 5.74) is 1.48. The molecule has 0 radical (unpaired) electrons. The molecule has 24 heavy (non-hydrogen) atoms. The van der Waals surface area contributed by atoms with Gasteiger partial charge in [0.05, 0.1) is 24.8 Å². The lowest BCUT2D eigenvalue weighted by Crippen LogP contribution is -2.13. The molecule has 2 rings (SSSR count). The van der Waals surface area contributed by atoms with Crippen LogP contribution in [0.15, 0.2) is 47.4 Å². The number of carbonyl (C=O) groups excluding carboxylic acids is 2. The van der Waals surface area contributed by atoms with Crippen molar-refractivity contribution in [1.82, 2.24) is 0 Å². The van der Waals surface area contributed by atoms with Gasteiger partial charge in [-0.2, -0.15) is 0 Å². The van der Waals surface area contributed by atoms with Crippen LogP contribution in [0.25, 0.3) is 0 Å². The third-order valence-electron chi connectivity index (χ3n) is 3.31. The summed E-state index contributed by atoms with van der Waals surface area (Å²) in [6.45, 7) is 2.07. The second kappa shape index (κ2) is 8.40. The first-order valence-electron chi connectivity index (χ1n) is 7.39. The van der Waals surface area contributed by atoms with E-state index in [0.717, 1.165) is 4.90 Å². The van der Waals surface area contributed by atoms with Crippen LogP contribution in [-0.2, 0) is 4.74 Å². The third kappa shape index (κ3) is 4.29.